The van der Waals surface area contributed by atoms with Gasteiger partial charge < -0.3 is 0 Å². The van der Waals surface area contributed by atoms with Crippen molar-refractivity contribution in [1.82, 2.24) is 0 Å². The lowest BCUT2D eigenvalue weighted by atomic mass is 9.80. The van der Waals surface area contributed by atoms with Gasteiger partial charge in [-0.1, -0.05) is 6.92 Å². The van der Waals surface area contributed by atoms with Gasteiger partial charge in [0.15, 0.2) is 0 Å². The van der Waals surface area contributed by atoms with E-state index in [1.807, 2.05) is 0 Å². The third-order valence-electron chi connectivity index (χ3n) is 5.51. The molecule has 2 saturated carbocycles. The molecule has 0 bridgehead atoms. The quantitative estimate of drug-likeness (QED) is 0.437. The Hall–Kier alpha value is -0.280. The molecule has 0 heterocycles. The van der Waals surface area contributed by atoms with Crippen molar-refractivity contribution in [3.63, 3.8) is 0 Å². The molecule has 5 unspecified atom stereocenters. The Morgan fingerprint density at radius 1 is 0.615 bits per heavy atom. The minimum atomic E-state index is -4.69. The van der Waals surface area contributed by atoms with E-state index in [0.29, 0.717) is 0 Å². The van der Waals surface area contributed by atoms with Crippen molar-refractivity contribution in [1.29, 1.82) is 0 Å². The number of halogens is 9. The van der Waals surface area contributed by atoms with Crippen LogP contribution in [0.2, 0.25) is 0 Å². The van der Waals surface area contributed by atoms with Gasteiger partial charge in [0.05, 0.1) is 17.8 Å². The standard InChI is InChI=1S/C16H21F9S/c1-8-4-9(14(17,18)19)2-3-13(8)26-12-6-10(15(20,21)22)5-11(7-12)16(23,24)25/h8-13H,2-7H2,1H3. The van der Waals surface area contributed by atoms with Crippen molar-refractivity contribution in [3.05, 3.63) is 0 Å². The molecule has 0 aromatic heterocycles. The van der Waals surface area contributed by atoms with Crippen LogP contribution >= 0.6 is 11.8 Å². The van der Waals surface area contributed by atoms with Gasteiger partial charge in [0, 0.05) is 10.5 Å². The Kier molecular flexibility index (Phi) is 6.45. The van der Waals surface area contributed by atoms with Gasteiger partial charge in [-0.25, -0.2) is 0 Å². The summed E-state index contributed by atoms with van der Waals surface area (Å²) in [7, 11) is 0. The van der Waals surface area contributed by atoms with Gasteiger partial charge in [-0.2, -0.15) is 51.3 Å². The summed E-state index contributed by atoms with van der Waals surface area (Å²) in [5.74, 6) is -5.85. The topological polar surface area (TPSA) is 0 Å². The lowest BCUT2D eigenvalue weighted by Gasteiger charge is -2.40. The van der Waals surface area contributed by atoms with Crippen molar-refractivity contribution < 1.29 is 39.5 Å². The summed E-state index contributed by atoms with van der Waals surface area (Å²) >= 11 is 1.03. The number of rotatable bonds is 2. The zero-order valence-corrected chi connectivity index (χ0v) is 14.8. The maximum atomic E-state index is 13.0. The highest BCUT2D eigenvalue weighted by Gasteiger charge is 2.52. The van der Waals surface area contributed by atoms with Crippen LogP contribution < -0.4 is 0 Å². The van der Waals surface area contributed by atoms with Crippen molar-refractivity contribution in [2.75, 3.05) is 0 Å². The Morgan fingerprint density at radius 2 is 1.08 bits per heavy atom. The highest BCUT2D eigenvalue weighted by molar-refractivity contribution is 8.00. The first-order chi connectivity index (χ1) is 11.7. The predicted octanol–water partition coefficient (Wildman–Crippen LogP) is 7.00. The van der Waals surface area contributed by atoms with Crippen molar-refractivity contribution in [3.8, 4) is 0 Å². The molecule has 2 fully saturated rings. The summed E-state index contributed by atoms with van der Waals surface area (Å²) in [6.07, 6.45) is -15.5. The maximum Gasteiger partial charge on any atom is 0.391 e. The monoisotopic (exact) mass is 416 g/mol. The van der Waals surface area contributed by atoms with Gasteiger partial charge in [0.2, 0.25) is 0 Å². The van der Waals surface area contributed by atoms with E-state index in [-0.39, 0.29) is 24.5 Å². The fraction of sp³-hybridized carbons (Fsp3) is 1.00. The van der Waals surface area contributed by atoms with Gasteiger partial charge >= 0.3 is 18.5 Å². The van der Waals surface area contributed by atoms with Crippen LogP contribution in [0.1, 0.15) is 45.4 Å². The molecule has 2 aliphatic rings. The zero-order chi connectivity index (χ0) is 19.9. The molecular formula is C16H21F9S. The molecule has 0 spiro atoms. The maximum absolute atomic E-state index is 13.0. The molecule has 0 aromatic carbocycles. The summed E-state index contributed by atoms with van der Waals surface area (Å²) in [4.78, 5) is 0. The van der Waals surface area contributed by atoms with Crippen LogP contribution in [0.25, 0.3) is 0 Å². The molecule has 0 aliphatic heterocycles. The lowest BCUT2D eigenvalue weighted by Crippen LogP contribution is -2.41. The van der Waals surface area contributed by atoms with Crippen LogP contribution in [0.5, 0.6) is 0 Å². The number of hydrogen-bond donors (Lipinski definition) is 0. The molecule has 2 aliphatic carbocycles. The number of hydrogen-bond acceptors (Lipinski definition) is 1. The first-order valence-electron chi connectivity index (χ1n) is 8.53. The zero-order valence-electron chi connectivity index (χ0n) is 14.0. The lowest BCUT2D eigenvalue weighted by molar-refractivity contribution is -0.221. The van der Waals surface area contributed by atoms with Crippen LogP contribution in [0.3, 0.4) is 0 Å². The number of alkyl halides is 9. The summed E-state index contributed by atoms with van der Waals surface area (Å²) in [5, 5.41) is -1.17. The SMILES string of the molecule is CC1CC(C(F)(F)F)CCC1SC1CC(C(F)(F)F)CC(C(F)(F)F)C1. The van der Waals surface area contributed by atoms with Crippen LogP contribution in [0.15, 0.2) is 0 Å². The van der Waals surface area contributed by atoms with Crippen molar-refractivity contribution in [2.24, 2.45) is 23.7 Å². The molecule has 2 rings (SSSR count). The first-order valence-corrected chi connectivity index (χ1v) is 9.47. The van der Waals surface area contributed by atoms with Gasteiger partial charge in [0.1, 0.15) is 0 Å². The highest BCUT2D eigenvalue weighted by atomic mass is 32.2. The van der Waals surface area contributed by atoms with Crippen LogP contribution in [-0.4, -0.2) is 29.0 Å². The van der Waals surface area contributed by atoms with Gasteiger partial charge in [0.25, 0.3) is 0 Å². The van der Waals surface area contributed by atoms with E-state index in [9.17, 15) is 39.5 Å². The summed E-state index contributed by atoms with van der Waals surface area (Å²) in [6.45, 7) is 1.60. The van der Waals surface area contributed by atoms with E-state index in [4.69, 9.17) is 0 Å². The predicted molar refractivity (Wildman–Crippen MR) is 80.7 cm³/mol. The fourth-order valence-electron chi connectivity index (χ4n) is 4.03. The van der Waals surface area contributed by atoms with E-state index in [1.165, 1.54) is 0 Å². The Labute approximate surface area is 150 Å². The normalized spacial score (nSPS) is 37.6. The van der Waals surface area contributed by atoms with Gasteiger partial charge in [-0.3, -0.25) is 0 Å². The van der Waals surface area contributed by atoms with E-state index < -0.39 is 66.7 Å². The second kappa shape index (κ2) is 7.62. The van der Waals surface area contributed by atoms with Crippen LogP contribution in [0, 0.1) is 23.7 Å². The molecular weight excluding hydrogens is 395 g/mol. The second-order valence-corrected chi connectivity index (χ2v) is 9.05. The molecule has 0 radical (unpaired) electrons. The first kappa shape index (κ1) is 22.0. The average molecular weight is 416 g/mol. The molecule has 0 N–H and O–H groups in total. The van der Waals surface area contributed by atoms with Crippen LogP contribution in [0.4, 0.5) is 39.5 Å². The Balaban J connectivity index is 2.03. The highest BCUT2D eigenvalue weighted by Crippen LogP contribution is 2.51. The number of thioether (sulfide) groups is 1. The molecule has 0 nitrogen and oxygen atoms in total. The third-order valence-corrected chi connectivity index (χ3v) is 7.33. The second-order valence-electron chi connectivity index (χ2n) is 7.51. The third kappa shape index (κ3) is 5.61. The Bertz CT molecular complexity index is 446. The molecule has 10 heteroatoms. The average Bonchev–Trinajstić information content (AvgIpc) is 2.46. The van der Waals surface area contributed by atoms with E-state index >= 15 is 0 Å². The molecule has 5 atom stereocenters. The summed E-state index contributed by atoms with van der Waals surface area (Å²) in [5.41, 5.74) is 0. The Morgan fingerprint density at radius 3 is 1.46 bits per heavy atom. The molecule has 26 heavy (non-hydrogen) atoms. The van der Waals surface area contributed by atoms with E-state index in [0.717, 1.165) is 11.8 Å². The summed E-state index contributed by atoms with van der Waals surface area (Å²) < 4.78 is 116. The minimum Gasteiger partial charge on any atom is -0.171 e. The molecule has 0 aromatic rings. The summed E-state index contributed by atoms with van der Waals surface area (Å²) in [6, 6.07) is 0. The molecule has 0 saturated heterocycles. The van der Waals surface area contributed by atoms with E-state index in [1.54, 1.807) is 6.92 Å². The van der Waals surface area contributed by atoms with Crippen LogP contribution in [-0.2, 0) is 0 Å². The van der Waals surface area contributed by atoms with Crippen molar-refractivity contribution in [2.45, 2.75) is 74.5 Å². The minimum absolute atomic E-state index is 0.121. The molecule has 154 valence electrons. The van der Waals surface area contributed by atoms with Crippen molar-refractivity contribution >= 4 is 11.8 Å². The van der Waals surface area contributed by atoms with E-state index in [2.05, 4.69) is 0 Å². The largest absolute Gasteiger partial charge is 0.391 e. The smallest absolute Gasteiger partial charge is 0.171 e. The fourth-order valence-corrected chi connectivity index (χ4v) is 5.86. The van der Waals surface area contributed by atoms with Gasteiger partial charge in [-0.15, -0.1) is 0 Å². The van der Waals surface area contributed by atoms with Gasteiger partial charge in [-0.05, 0) is 44.4 Å². The molecule has 0 amide bonds.